The molecule has 0 atom stereocenters. The van der Waals surface area contributed by atoms with Crippen LogP contribution in [0.2, 0.25) is 0 Å². The predicted molar refractivity (Wildman–Crippen MR) is 130 cm³/mol. The summed E-state index contributed by atoms with van der Waals surface area (Å²) in [6.07, 6.45) is 0. The van der Waals surface area contributed by atoms with Crippen LogP contribution < -0.4 is 10.1 Å². The number of amides is 2. The number of methoxy groups -OCH3 is 1. The third-order valence-corrected chi connectivity index (χ3v) is 8.11. The number of piperazine rings is 1. The summed E-state index contributed by atoms with van der Waals surface area (Å²) >= 11 is 0. The number of ether oxygens (including phenoxy) is 2. The quantitative estimate of drug-likeness (QED) is 0.635. The minimum atomic E-state index is -3.86. The number of hydrogen-bond donors (Lipinski definition) is 1. The maximum Gasteiger partial charge on any atom is 0.255 e. The first-order valence-electron chi connectivity index (χ1n) is 11.4. The molecule has 0 radical (unpaired) electrons. The molecule has 0 bridgehead atoms. The highest BCUT2D eigenvalue weighted by molar-refractivity contribution is 7.89. The molecule has 1 N–H and O–H groups in total. The lowest BCUT2D eigenvalue weighted by Gasteiger charge is -2.32. The first-order valence-corrected chi connectivity index (χ1v) is 12.9. The van der Waals surface area contributed by atoms with Gasteiger partial charge in [0.1, 0.15) is 10.6 Å². The van der Waals surface area contributed by atoms with Gasteiger partial charge < -0.3 is 24.6 Å². The molecule has 2 aliphatic rings. The van der Waals surface area contributed by atoms with Crippen molar-refractivity contribution in [2.45, 2.75) is 4.90 Å². The zero-order valence-electron chi connectivity index (χ0n) is 19.9. The fourth-order valence-electron chi connectivity index (χ4n) is 4.04. The van der Waals surface area contributed by atoms with Crippen LogP contribution in [0.4, 0.5) is 5.69 Å². The molecule has 10 nitrogen and oxygen atoms in total. The van der Waals surface area contributed by atoms with Gasteiger partial charge in [0.2, 0.25) is 10.0 Å². The molecule has 11 heteroatoms. The predicted octanol–water partition coefficient (Wildman–Crippen LogP) is 1.36. The van der Waals surface area contributed by atoms with Gasteiger partial charge >= 0.3 is 0 Å². The van der Waals surface area contributed by atoms with Crippen molar-refractivity contribution in [3.05, 3.63) is 53.6 Å². The first kappa shape index (κ1) is 25.1. The Morgan fingerprint density at radius 1 is 0.914 bits per heavy atom. The van der Waals surface area contributed by atoms with Crippen LogP contribution in [-0.4, -0.2) is 101 Å². The monoisotopic (exact) mass is 502 g/mol. The highest BCUT2D eigenvalue weighted by atomic mass is 32.2. The van der Waals surface area contributed by atoms with Crippen LogP contribution in [0, 0.1) is 0 Å². The molecule has 2 amide bonds. The molecule has 2 aliphatic heterocycles. The fraction of sp³-hybridized carbons (Fsp3) is 0.417. The van der Waals surface area contributed by atoms with Gasteiger partial charge in [0.15, 0.2) is 0 Å². The van der Waals surface area contributed by atoms with E-state index in [9.17, 15) is 18.0 Å². The minimum absolute atomic E-state index is 0.0379. The van der Waals surface area contributed by atoms with Crippen molar-refractivity contribution in [3.63, 3.8) is 0 Å². The van der Waals surface area contributed by atoms with Gasteiger partial charge in [-0.15, -0.1) is 0 Å². The van der Waals surface area contributed by atoms with Crippen molar-refractivity contribution in [2.24, 2.45) is 0 Å². The molecule has 0 saturated carbocycles. The molecule has 0 aliphatic carbocycles. The molecule has 0 aromatic heterocycles. The lowest BCUT2D eigenvalue weighted by Crippen LogP contribution is -2.47. The smallest absolute Gasteiger partial charge is 0.255 e. The number of sulfonamides is 1. The Morgan fingerprint density at radius 2 is 1.54 bits per heavy atom. The number of nitrogens with one attached hydrogen (secondary N) is 1. The molecule has 2 aromatic rings. The van der Waals surface area contributed by atoms with Gasteiger partial charge in [0.05, 0.1) is 20.3 Å². The Morgan fingerprint density at radius 3 is 2.17 bits per heavy atom. The van der Waals surface area contributed by atoms with Crippen molar-refractivity contribution in [3.8, 4) is 5.75 Å². The summed E-state index contributed by atoms with van der Waals surface area (Å²) < 4.78 is 38.2. The molecular formula is C24H30N4O6S. The summed E-state index contributed by atoms with van der Waals surface area (Å²) in [7, 11) is -0.442. The maximum absolute atomic E-state index is 13.2. The number of anilines is 1. The second-order valence-corrected chi connectivity index (χ2v) is 10.4. The van der Waals surface area contributed by atoms with E-state index in [1.807, 2.05) is 11.9 Å². The second kappa shape index (κ2) is 10.7. The van der Waals surface area contributed by atoms with Crippen LogP contribution >= 0.6 is 0 Å². The van der Waals surface area contributed by atoms with E-state index >= 15 is 0 Å². The summed E-state index contributed by atoms with van der Waals surface area (Å²) in [5.41, 5.74) is 1.23. The number of carbonyl (C=O) groups is 2. The summed E-state index contributed by atoms with van der Waals surface area (Å²) in [4.78, 5) is 29.6. The number of rotatable bonds is 6. The first-order chi connectivity index (χ1) is 16.8. The molecule has 35 heavy (non-hydrogen) atoms. The number of morpholine rings is 1. The van der Waals surface area contributed by atoms with E-state index in [0.717, 1.165) is 13.1 Å². The molecule has 2 saturated heterocycles. The molecule has 0 spiro atoms. The number of carbonyl (C=O) groups excluding carboxylic acids is 2. The lowest BCUT2D eigenvalue weighted by atomic mass is 10.1. The van der Waals surface area contributed by atoms with Crippen molar-refractivity contribution < 1.29 is 27.5 Å². The number of benzene rings is 2. The van der Waals surface area contributed by atoms with Gasteiger partial charge in [-0.25, -0.2) is 8.42 Å². The van der Waals surface area contributed by atoms with Gasteiger partial charge in [0.25, 0.3) is 11.8 Å². The fourth-order valence-corrected chi connectivity index (χ4v) is 5.63. The van der Waals surface area contributed by atoms with E-state index in [1.165, 1.54) is 29.6 Å². The van der Waals surface area contributed by atoms with Gasteiger partial charge in [-0.3, -0.25) is 9.59 Å². The van der Waals surface area contributed by atoms with Gasteiger partial charge in [-0.05, 0) is 49.5 Å². The largest absolute Gasteiger partial charge is 0.495 e. The Hall–Kier alpha value is -2.99. The molecule has 0 unspecified atom stereocenters. The van der Waals surface area contributed by atoms with Crippen LogP contribution in [0.3, 0.4) is 0 Å². The average Bonchev–Trinajstić information content (AvgIpc) is 2.89. The van der Waals surface area contributed by atoms with Gasteiger partial charge in [0, 0.05) is 56.1 Å². The van der Waals surface area contributed by atoms with Crippen LogP contribution in [0.5, 0.6) is 5.75 Å². The zero-order chi connectivity index (χ0) is 25.0. The Kier molecular flexibility index (Phi) is 7.70. The van der Waals surface area contributed by atoms with Crippen LogP contribution in [-0.2, 0) is 14.8 Å². The normalized spacial score (nSPS) is 17.7. The molecule has 2 aromatic carbocycles. The highest BCUT2D eigenvalue weighted by Gasteiger charge is 2.30. The van der Waals surface area contributed by atoms with E-state index < -0.39 is 15.9 Å². The van der Waals surface area contributed by atoms with E-state index in [0.29, 0.717) is 37.6 Å². The summed E-state index contributed by atoms with van der Waals surface area (Å²) in [6, 6.07) is 11.0. The van der Waals surface area contributed by atoms with Crippen LogP contribution in [0.1, 0.15) is 20.7 Å². The van der Waals surface area contributed by atoms with Crippen LogP contribution in [0.25, 0.3) is 0 Å². The Bertz CT molecular complexity index is 1170. The molecule has 188 valence electrons. The van der Waals surface area contributed by atoms with Crippen molar-refractivity contribution in [1.29, 1.82) is 0 Å². The molecular weight excluding hydrogens is 472 g/mol. The Balaban J connectivity index is 1.48. The number of likely N-dealkylation sites (N-methyl/N-ethyl adjacent to an activating group) is 1. The van der Waals surface area contributed by atoms with Crippen LogP contribution in [0.15, 0.2) is 47.4 Å². The summed E-state index contributed by atoms with van der Waals surface area (Å²) in [5, 5.41) is 2.77. The topological polar surface area (TPSA) is 108 Å². The van der Waals surface area contributed by atoms with E-state index in [2.05, 4.69) is 10.2 Å². The number of hydrogen-bond acceptors (Lipinski definition) is 7. The molecule has 4 rings (SSSR count). The SMILES string of the molecule is COc1ccc(C(=O)Nc2ccc(C(=O)N3CCN(C)CC3)cc2)cc1S(=O)(=O)N1CCOCC1. The zero-order valence-corrected chi connectivity index (χ0v) is 20.7. The highest BCUT2D eigenvalue weighted by Crippen LogP contribution is 2.29. The summed E-state index contributed by atoms with van der Waals surface area (Å²) in [5.74, 6) is -0.340. The van der Waals surface area contributed by atoms with Crippen molar-refractivity contribution >= 4 is 27.5 Å². The maximum atomic E-state index is 13.2. The third-order valence-electron chi connectivity index (χ3n) is 6.19. The van der Waals surface area contributed by atoms with E-state index in [-0.39, 0.29) is 35.2 Å². The van der Waals surface area contributed by atoms with E-state index in [4.69, 9.17) is 9.47 Å². The van der Waals surface area contributed by atoms with Gasteiger partial charge in [-0.2, -0.15) is 4.31 Å². The van der Waals surface area contributed by atoms with Crippen molar-refractivity contribution in [2.75, 3.05) is 72.0 Å². The minimum Gasteiger partial charge on any atom is -0.495 e. The average molecular weight is 503 g/mol. The lowest BCUT2D eigenvalue weighted by molar-refractivity contribution is 0.0664. The molecule has 2 fully saturated rings. The Labute approximate surface area is 205 Å². The summed E-state index contributed by atoms with van der Waals surface area (Å²) in [6.45, 7) is 4.14. The van der Waals surface area contributed by atoms with E-state index in [1.54, 1.807) is 24.3 Å². The van der Waals surface area contributed by atoms with Crippen molar-refractivity contribution in [1.82, 2.24) is 14.1 Å². The standard InChI is InChI=1S/C24H30N4O6S/c1-26-9-11-27(12-10-26)24(30)18-3-6-20(7-4-18)25-23(29)19-5-8-21(33-2)22(17-19)35(31,32)28-13-15-34-16-14-28/h3-8,17H,9-16H2,1-2H3,(H,25,29). The second-order valence-electron chi connectivity index (χ2n) is 8.51. The molecule has 2 heterocycles. The number of nitrogens with zero attached hydrogens (tertiary/aromatic N) is 3. The third kappa shape index (κ3) is 5.64. The van der Waals surface area contributed by atoms with Gasteiger partial charge in [-0.1, -0.05) is 0 Å².